The van der Waals surface area contributed by atoms with Gasteiger partial charge in [-0.1, -0.05) is 11.8 Å². The van der Waals surface area contributed by atoms with Gasteiger partial charge in [-0.05, 0) is 12.1 Å². The van der Waals surface area contributed by atoms with Crippen LogP contribution >= 0.6 is 11.8 Å². The van der Waals surface area contributed by atoms with Gasteiger partial charge in [0.1, 0.15) is 29.9 Å². The summed E-state index contributed by atoms with van der Waals surface area (Å²) in [6.45, 7) is -0.498. The number of rotatable bonds is 4. The molecule has 1 aromatic rings. The summed E-state index contributed by atoms with van der Waals surface area (Å²) in [4.78, 5) is 10.6. The second kappa shape index (κ2) is 6.69. The average molecular weight is 317 g/mol. The highest BCUT2D eigenvalue weighted by molar-refractivity contribution is 7.99. The number of non-ortho nitro benzene ring substituents is 1. The lowest BCUT2D eigenvalue weighted by atomic mass is 10.0. The van der Waals surface area contributed by atoms with Crippen molar-refractivity contribution in [2.24, 2.45) is 0 Å². The van der Waals surface area contributed by atoms with Gasteiger partial charge in [0.15, 0.2) is 0 Å². The Hall–Kier alpha value is -1.23. The molecule has 1 fully saturated rings. The van der Waals surface area contributed by atoms with Crippen molar-refractivity contribution >= 4 is 17.4 Å². The number of nitrogens with zero attached hydrogens (tertiary/aromatic N) is 1. The predicted molar refractivity (Wildman–Crippen MR) is 72.7 cm³/mol. The van der Waals surface area contributed by atoms with E-state index in [0.717, 1.165) is 11.8 Å². The highest BCUT2D eigenvalue weighted by Gasteiger charge is 2.43. The van der Waals surface area contributed by atoms with Crippen molar-refractivity contribution < 1.29 is 30.1 Å². The number of thioether (sulfide) groups is 1. The zero-order valence-electron chi connectivity index (χ0n) is 10.8. The van der Waals surface area contributed by atoms with E-state index < -0.39 is 41.4 Å². The number of aliphatic hydroxyl groups excluding tert-OH is 4. The summed E-state index contributed by atoms with van der Waals surface area (Å²) in [5.74, 6) is 0. The molecule has 0 radical (unpaired) electrons. The second-order valence-corrected chi connectivity index (χ2v) is 5.74. The zero-order valence-corrected chi connectivity index (χ0v) is 11.6. The first-order valence-corrected chi connectivity index (χ1v) is 7.03. The van der Waals surface area contributed by atoms with Crippen molar-refractivity contribution in [1.29, 1.82) is 0 Å². The Bertz CT molecular complexity index is 495. The van der Waals surface area contributed by atoms with Crippen molar-refractivity contribution in [3.8, 4) is 0 Å². The van der Waals surface area contributed by atoms with Crippen LogP contribution in [0.3, 0.4) is 0 Å². The van der Waals surface area contributed by atoms with Crippen molar-refractivity contribution in [2.45, 2.75) is 34.7 Å². The number of nitro benzene ring substituents is 1. The van der Waals surface area contributed by atoms with E-state index >= 15 is 0 Å². The average Bonchev–Trinajstić information content (AvgIpc) is 2.48. The van der Waals surface area contributed by atoms with Crippen LogP contribution in [-0.4, -0.2) is 61.8 Å². The van der Waals surface area contributed by atoms with Gasteiger partial charge >= 0.3 is 0 Å². The number of nitro groups is 1. The van der Waals surface area contributed by atoms with E-state index in [2.05, 4.69) is 0 Å². The molecule has 1 saturated heterocycles. The highest BCUT2D eigenvalue weighted by atomic mass is 32.2. The summed E-state index contributed by atoms with van der Waals surface area (Å²) >= 11 is 1.04. The van der Waals surface area contributed by atoms with Crippen LogP contribution in [0.25, 0.3) is 0 Å². The molecule has 1 aromatic carbocycles. The van der Waals surface area contributed by atoms with E-state index in [4.69, 9.17) is 9.84 Å². The van der Waals surface area contributed by atoms with Gasteiger partial charge in [-0.15, -0.1) is 0 Å². The van der Waals surface area contributed by atoms with E-state index in [9.17, 15) is 25.4 Å². The Kier molecular flexibility index (Phi) is 5.14. The summed E-state index contributed by atoms with van der Waals surface area (Å²) in [6.07, 6.45) is -5.16. The number of aliphatic hydroxyl groups is 4. The van der Waals surface area contributed by atoms with E-state index in [1.54, 1.807) is 0 Å². The Morgan fingerprint density at radius 1 is 1.14 bits per heavy atom. The molecule has 1 aliphatic rings. The van der Waals surface area contributed by atoms with Crippen molar-refractivity contribution in [3.63, 3.8) is 0 Å². The first kappa shape index (κ1) is 16.1. The Labute approximate surface area is 124 Å². The van der Waals surface area contributed by atoms with Gasteiger partial charge in [0.2, 0.25) is 0 Å². The SMILES string of the molecule is O=[N+]([O-])c1ccc(S[C@@H]2OC(CO)[C@@H](O)[C@H](O)[C@@H]2O)cc1. The summed E-state index contributed by atoms with van der Waals surface area (Å²) in [5.41, 5.74) is -0.963. The van der Waals surface area contributed by atoms with Gasteiger partial charge in [0, 0.05) is 17.0 Å². The Morgan fingerprint density at radius 2 is 1.76 bits per heavy atom. The molecule has 5 atom stereocenters. The second-order valence-electron chi connectivity index (χ2n) is 4.57. The quantitative estimate of drug-likeness (QED) is 0.431. The molecule has 0 spiro atoms. The summed E-state index contributed by atoms with van der Waals surface area (Å²) in [6, 6.07) is 5.60. The van der Waals surface area contributed by atoms with Crippen molar-refractivity contribution in [3.05, 3.63) is 34.4 Å². The van der Waals surface area contributed by atoms with E-state index in [0.29, 0.717) is 4.90 Å². The lowest BCUT2D eigenvalue weighted by Crippen LogP contribution is -2.57. The van der Waals surface area contributed by atoms with Gasteiger partial charge in [-0.2, -0.15) is 0 Å². The monoisotopic (exact) mass is 317 g/mol. The molecule has 1 unspecified atom stereocenters. The van der Waals surface area contributed by atoms with Crippen LogP contribution in [0.4, 0.5) is 5.69 Å². The van der Waals surface area contributed by atoms with Crippen LogP contribution in [-0.2, 0) is 4.74 Å². The molecule has 8 nitrogen and oxygen atoms in total. The third kappa shape index (κ3) is 3.51. The van der Waals surface area contributed by atoms with Crippen LogP contribution in [0, 0.1) is 10.1 Å². The van der Waals surface area contributed by atoms with Crippen LogP contribution in [0.2, 0.25) is 0 Å². The summed E-state index contributed by atoms with van der Waals surface area (Å²) in [7, 11) is 0. The molecule has 0 aromatic heterocycles. The van der Waals surface area contributed by atoms with E-state index in [-0.39, 0.29) is 5.69 Å². The molecule has 0 aliphatic carbocycles. The Morgan fingerprint density at radius 3 is 2.29 bits per heavy atom. The van der Waals surface area contributed by atoms with Gasteiger partial charge in [0.25, 0.3) is 5.69 Å². The summed E-state index contributed by atoms with van der Waals surface area (Å²) < 4.78 is 5.33. The number of hydrogen-bond acceptors (Lipinski definition) is 8. The minimum absolute atomic E-state index is 0.0619. The van der Waals surface area contributed by atoms with Gasteiger partial charge in [-0.3, -0.25) is 10.1 Å². The van der Waals surface area contributed by atoms with Crippen LogP contribution in [0.1, 0.15) is 0 Å². The fraction of sp³-hybridized carbons (Fsp3) is 0.500. The number of hydrogen-bond donors (Lipinski definition) is 4. The van der Waals surface area contributed by atoms with Gasteiger partial charge in [0.05, 0.1) is 11.5 Å². The first-order valence-electron chi connectivity index (χ1n) is 6.15. The maximum Gasteiger partial charge on any atom is 0.269 e. The molecule has 4 N–H and O–H groups in total. The fourth-order valence-corrected chi connectivity index (χ4v) is 3.01. The number of benzene rings is 1. The molecule has 2 rings (SSSR count). The summed E-state index contributed by atoms with van der Waals surface area (Å²) in [5, 5.41) is 48.9. The number of ether oxygens (including phenoxy) is 1. The standard InChI is InChI=1S/C12H15NO7S/c14-5-8-9(15)10(16)11(17)12(20-8)21-7-3-1-6(2-4-7)13(18)19/h1-4,8-12,14-17H,5H2/t8?,9-,10+,11+,12+/m1/s1. The molecular weight excluding hydrogens is 302 g/mol. The largest absolute Gasteiger partial charge is 0.394 e. The molecular formula is C12H15NO7S. The molecule has 116 valence electrons. The molecule has 1 heterocycles. The van der Waals surface area contributed by atoms with Gasteiger partial charge < -0.3 is 25.2 Å². The lowest BCUT2D eigenvalue weighted by molar-refractivity contribution is -0.384. The van der Waals surface area contributed by atoms with Crippen molar-refractivity contribution in [2.75, 3.05) is 6.61 Å². The maximum atomic E-state index is 10.6. The first-order chi connectivity index (χ1) is 9.93. The lowest BCUT2D eigenvalue weighted by Gasteiger charge is -2.39. The molecule has 21 heavy (non-hydrogen) atoms. The smallest absolute Gasteiger partial charge is 0.269 e. The molecule has 0 saturated carbocycles. The Balaban J connectivity index is 2.08. The molecule has 0 amide bonds. The van der Waals surface area contributed by atoms with Gasteiger partial charge in [-0.25, -0.2) is 0 Å². The van der Waals surface area contributed by atoms with Crippen LogP contribution < -0.4 is 0 Å². The molecule has 0 bridgehead atoms. The minimum atomic E-state index is -1.44. The van der Waals surface area contributed by atoms with E-state index in [1.807, 2.05) is 0 Å². The third-order valence-corrected chi connectivity index (χ3v) is 4.31. The minimum Gasteiger partial charge on any atom is -0.394 e. The third-order valence-electron chi connectivity index (χ3n) is 3.15. The maximum absolute atomic E-state index is 10.6. The molecule has 9 heteroatoms. The topological polar surface area (TPSA) is 133 Å². The van der Waals surface area contributed by atoms with Crippen LogP contribution in [0.15, 0.2) is 29.2 Å². The van der Waals surface area contributed by atoms with E-state index in [1.165, 1.54) is 24.3 Å². The normalized spacial score (nSPS) is 32.9. The zero-order chi connectivity index (χ0) is 15.6. The molecule has 1 aliphatic heterocycles. The predicted octanol–water partition coefficient (Wildman–Crippen LogP) is -0.513. The van der Waals surface area contributed by atoms with Crippen LogP contribution in [0.5, 0.6) is 0 Å². The fourth-order valence-electron chi connectivity index (χ4n) is 1.95. The van der Waals surface area contributed by atoms with Crippen molar-refractivity contribution in [1.82, 2.24) is 0 Å². The highest BCUT2D eigenvalue weighted by Crippen LogP contribution is 2.33.